The van der Waals surface area contributed by atoms with Crippen LogP contribution >= 0.6 is 0 Å². The summed E-state index contributed by atoms with van der Waals surface area (Å²) in [5, 5.41) is 0. The maximum absolute atomic E-state index is 13.2. The SMILES string of the molecule is CC(=O)Oc1ccc(C(=O)O[C@@H]2Cc3ccccc3OC2c2ccccc2)cc1CC=C(C)C. The average molecular weight is 457 g/mol. The first-order valence-electron chi connectivity index (χ1n) is 11.4. The van der Waals surface area contributed by atoms with E-state index in [2.05, 4.69) is 0 Å². The van der Waals surface area contributed by atoms with Crippen molar-refractivity contribution < 1.29 is 23.8 Å². The quantitative estimate of drug-likeness (QED) is 0.258. The van der Waals surface area contributed by atoms with Crippen molar-refractivity contribution in [1.82, 2.24) is 0 Å². The third-order valence-corrected chi connectivity index (χ3v) is 5.65. The van der Waals surface area contributed by atoms with Gasteiger partial charge in [0.05, 0.1) is 5.56 Å². The predicted molar refractivity (Wildman–Crippen MR) is 130 cm³/mol. The number of esters is 2. The summed E-state index contributed by atoms with van der Waals surface area (Å²) in [4.78, 5) is 24.7. The first-order chi connectivity index (χ1) is 16.4. The van der Waals surface area contributed by atoms with Crippen LogP contribution in [0.3, 0.4) is 0 Å². The third kappa shape index (κ3) is 5.54. The Morgan fingerprint density at radius 1 is 0.971 bits per heavy atom. The lowest BCUT2D eigenvalue weighted by Gasteiger charge is -2.33. The highest BCUT2D eigenvalue weighted by molar-refractivity contribution is 5.90. The zero-order valence-corrected chi connectivity index (χ0v) is 19.6. The number of rotatable bonds is 6. The summed E-state index contributed by atoms with van der Waals surface area (Å²) in [5.74, 6) is 0.399. The van der Waals surface area contributed by atoms with Crippen molar-refractivity contribution in [2.45, 2.75) is 45.8 Å². The molecular formula is C29H28O5. The molecule has 0 radical (unpaired) electrons. The van der Waals surface area contributed by atoms with Crippen molar-refractivity contribution in [2.75, 3.05) is 0 Å². The van der Waals surface area contributed by atoms with E-state index in [0.29, 0.717) is 24.2 Å². The van der Waals surface area contributed by atoms with Gasteiger partial charge < -0.3 is 14.2 Å². The van der Waals surface area contributed by atoms with Crippen LogP contribution in [-0.2, 0) is 22.4 Å². The molecule has 0 N–H and O–H groups in total. The fourth-order valence-electron chi connectivity index (χ4n) is 3.99. The van der Waals surface area contributed by atoms with Crippen molar-refractivity contribution in [3.05, 3.63) is 107 Å². The molecule has 1 heterocycles. The summed E-state index contributed by atoms with van der Waals surface area (Å²) >= 11 is 0. The number of ether oxygens (including phenoxy) is 3. The summed E-state index contributed by atoms with van der Waals surface area (Å²) < 4.78 is 17.6. The smallest absolute Gasteiger partial charge is 0.338 e. The lowest BCUT2D eigenvalue weighted by atomic mass is 9.94. The van der Waals surface area contributed by atoms with E-state index in [1.807, 2.05) is 74.5 Å². The Labute approximate surface area is 200 Å². The van der Waals surface area contributed by atoms with E-state index in [9.17, 15) is 9.59 Å². The van der Waals surface area contributed by atoms with Gasteiger partial charge >= 0.3 is 11.9 Å². The summed E-state index contributed by atoms with van der Waals surface area (Å²) in [6.07, 6.45) is 2.22. The maximum atomic E-state index is 13.2. The second-order valence-electron chi connectivity index (χ2n) is 8.61. The third-order valence-electron chi connectivity index (χ3n) is 5.65. The normalized spacial score (nSPS) is 16.6. The number of fused-ring (bicyclic) bond motifs is 1. The molecule has 5 nitrogen and oxygen atoms in total. The van der Waals surface area contributed by atoms with Crippen molar-refractivity contribution in [3.8, 4) is 11.5 Å². The minimum Gasteiger partial charge on any atom is -0.482 e. The first kappa shape index (κ1) is 23.3. The van der Waals surface area contributed by atoms with E-state index in [1.165, 1.54) is 6.92 Å². The topological polar surface area (TPSA) is 61.8 Å². The van der Waals surface area contributed by atoms with Crippen LogP contribution in [0.5, 0.6) is 11.5 Å². The number of hydrogen-bond donors (Lipinski definition) is 0. The predicted octanol–water partition coefficient (Wildman–Crippen LogP) is 6.02. The van der Waals surface area contributed by atoms with Gasteiger partial charge in [0.15, 0.2) is 6.10 Å². The van der Waals surface area contributed by atoms with Crippen LogP contribution in [0.1, 0.15) is 53.9 Å². The van der Waals surface area contributed by atoms with Gasteiger partial charge in [0.2, 0.25) is 0 Å². The van der Waals surface area contributed by atoms with Crippen LogP contribution in [0.4, 0.5) is 0 Å². The molecule has 174 valence electrons. The molecule has 3 aromatic rings. The Hall–Kier alpha value is -3.86. The average Bonchev–Trinajstić information content (AvgIpc) is 2.83. The van der Waals surface area contributed by atoms with Crippen molar-refractivity contribution in [2.24, 2.45) is 0 Å². The number of carbonyl (C=O) groups excluding carboxylic acids is 2. The summed E-state index contributed by atoms with van der Waals surface area (Å²) in [6.45, 7) is 5.35. The number of allylic oxidation sites excluding steroid dienone is 2. The molecule has 0 saturated carbocycles. The second kappa shape index (κ2) is 10.4. The standard InChI is InChI=1S/C29H28O5/c1-19(2)13-14-23-17-24(15-16-26(23)32-20(3)30)29(31)34-27-18-22-11-7-8-12-25(22)33-28(27)21-9-5-4-6-10-21/h4-13,15-17,27-28H,14,18H2,1-3H3/t27-,28?/m1/s1. The van der Waals surface area contributed by atoms with E-state index in [-0.39, 0.29) is 0 Å². The molecule has 5 heteroatoms. The van der Waals surface area contributed by atoms with Gasteiger partial charge in [0.25, 0.3) is 0 Å². The largest absolute Gasteiger partial charge is 0.482 e. The van der Waals surface area contributed by atoms with Gasteiger partial charge in [-0.15, -0.1) is 0 Å². The fourth-order valence-corrected chi connectivity index (χ4v) is 3.99. The molecule has 4 rings (SSSR count). The monoisotopic (exact) mass is 456 g/mol. The molecule has 1 unspecified atom stereocenters. The highest BCUT2D eigenvalue weighted by atomic mass is 16.6. The lowest BCUT2D eigenvalue weighted by Crippen LogP contribution is -2.34. The van der Waals surface area contributed by atoms with Gasteiger partial charge in [-0.2, -0.15) is 0 Å². The Kier molecular flexibility index (Phi) is 7.12. The van der Waals surface area contributed by atoms with E-state index in [4.69, 9.17) is 14.2 Å². The first-order valence-corrected chi connectivity index (χ1v) is 11.4. The number of carbonyl (C=O) groups is 2. The van der Waals surface area contributed by atoms with Gasteiger partial charge in [0, 0.05) is 13.3 Å². The summed E-state index contributed by atoms with van der Waals surface area (Å²) in [5.41, 5.74) is 4.23. The van der Waals surface area contributed by atoms with Crippen LogP contribution in [0.25, 0.3) is 0 Å². The molecule has 2 atom stereocenters. The van der Waals surface area contributed by atoms with Gasteiger partial charge in [-0.3, -0.25) is 4.79 Å². The zero-order chi connectivity index (χ0) is 24.1. The molecule has 1 aliphatic rings. The molecular weight excluding hydrogens is 428 g/mol. The number of benzene rings is 3. The van der Waals surface area contributed by atoms with E-state index < -0.39 is 24.1 Å². The van der Waals surface area contributed by atoms with Gasteiger partial charge in [0.1, 0.15) is 17.6 Å². The molecule has 0 fully saturated rings. The van der Waals surface area contributed by atoms with Crippen LogP contribution in [0.2, 0.25) is 0 Å². The highest BCUT2D eigenvalue weighted by Crippen LogP contribution is 2.37. The zero-order valence-electron chi connectivity index (χ0n) is 19.6. The minimum absolute atomic E-state index is 0.402. The molecule has 34 heavy (non-hydrogen) atoms. The van der Waals surface area contributed by atoms with Gasteiger partial charge in [-0.25, -0.2) is 4.79 Å². The van der Waals surface area contributed by atoms with Crippen molar-refractivity contribution in [3.63, 3.8) is 0 Å². The molecule has 0 spiro atoms. The van der Waals surface area contributed by atoms with E-state index in [1.54, 1.807) is 18.2 Å². The highest BCUT2D eigenvalue weighted by Gasteiger charge is 2.34. The molecule has 0 amide bonds. The number of para-hydroxylation sites is 1. The van der Waals surface area contributed by atoms with E-state index in [0.717, 1.165) is 28.0 Å². The molecule has 0 saturated heterocycles. The van der Waals surface area contributed by atoms with Gasteiger partial charge in [-0.1, -0.05) is 60.2 Å². The Morgan fingerprint density at radius 2 is 1.71 bits per heavy atom. The van der Waals surface area contributed by atoms with Crippen LogP contribution in [0.15, 0.2) is 84.4 Å². The molecule has 3 aromatic carbocycles. The fraction of sp³-hybridized carbons (Fsp3) is 0.241. The van der Waals surface area contributed by atoms with Crippen LogP contribution < -0.4 is 9.47 Å². The van der Waals surface area contributed by atoms with Gasteiger partial charge in [-0.05, 0) is 61.2 Å². The second-order valence-corrected chi connectivity index (χ2v) is 8.61. The lowest BCUT2D eigenvalue weighted by molar-refractivity contribution is -0.131. The van der Waals surface area contributed by atoms with Crippen LogP contribution in [-0.4, -0.2) is 18.0 Å². The van der Waals surface area contributed by atoms with Crippen molar-refractivity contribution in [1.29, 1.82) is 0 Å². The minimum atomic E-state index is -0.487. The Balaban J connectivity index is 1.61. The summed E-state index contributed by atoms with van der Waals surface area (Å²) in [6, 6.07) is 22.6. The molecule has 1 aliphatic heterocycles. The molecule has 0 bridgehead atoms. The van der Waals surface area contributed by atoms with Crippen LogP contribution in [0, 0.1) is 0 Å². The van der Waals surface area contributed by atoms with Crippen molar-refractivity contribution >= 4 is 11.9 Å². The Bertz CT molecular complexity index is 1210. The molecule has 0 aromatic heterocycles. The van der Waals surface area contributed by atoms with E-state index >= 15 is 0 Å². The molecule has 0 aliphatic carbocycles. The summed E-state index contributed by atoms with van der Waals surface area (Å²) in [7, 11) is 0. The number of hydrogen-bond acceptors (Lipinski definition) is 5. The maximum Gasteiger partial charge on any atom is 0.338 e. The Morgan fingerprint density at radius 3 is 2.44 bits per heavy atom.